The zero-order valence-corrected chi connectivity index (χ0v) is 14.0. The van der Waals surface area contributed by atoms with Gasteiger partial charge >= 0.3 is 0 Å². The van der Waals surface area contributed by atoms with Crippen molar-refractivity contribution in [3.63, 3.8) is 0 Å². The number of rotatable bonds is 5. The smallest absolute Gasteiger partial charge is 0.255 e. The van der Waals surface area contributed by atoms with E-state index in [4.69, 9.17) is 0 Å². The fourth-order valence-electron chi connectivity index (χ4n) is 2.23. The Morgan fingerprint density at radius 1 is 1.00 bits per heavy atom. The molecule has 120 valence electrons. The fourth-order valence-corrected chi connectivity index (χ4v) is 3.08. The van der Waals surface area contributed by atoms with Gasteiger partial charge in [-0.25, -0.2) is 9.97 Å². The van der Waals surface area contributed by atoms with Crippen molar-refractivity contribution in [2.75, 3.05) is 5.32 Å². The van der Waals surface area contributed by atoms with Crippen LogP contribution in [0.25, 0.3) is 0 Å². The Bertz CT molecular complexity index is 809. The second kappa shape index (κ2) is 7.75. The molecule has 0 radical (unpaired) electrons. The molecule has 0 aliphatic carbocycles. The van der Waals surface area contributed by atoms with Gasteiger partial charge in [-0.2, -0.15) is 0 Å². The van der Waals surface area contributed by atoms with Gasteiger partial charge in [0.2, 0.25) is 0 Å². The first-order valence-electron chi connectivity index (χ1n) is 7.62. The van der Waals surface area contributed by atoms with Gasteiger partial charge in [0.05, 0.1) is 0 Å². The molecular formula is C19H17N3OS. The standard InChI is InChI=1S/C19H17N3OS/c1-14(24-19-20-11-6-12-21-19)16-9-5-10-17(13-16)22-18(23)15-7-3-2-4-8-15/h2-14H,1H3,(H,22,23)/t14-/m1/s1. The van der Waals surface area contributed by atoms with E-state index >= 15 is 0 Å². The lowest BCUT2D eigenvalue weighted by molar-refractivity contribution is 0.102. The number of carbonyl (C=O) groups excluding carboxylic acids is 1. The number of carbonyl (C=O) groups is 1. The van der Waals surface area contributed by atoms with Crippen LogP contribution in [-0.2, 0) is 0 Å². The quantitative estimate of drug-likeness (QED) is 0.547. The number of nitrogens with one attached hydrogen (secondary N) is 1. The summed E-state index contributed by atoms with van der Waals surface area (Å²) in [5.41, 5.74) is 2.53. The molecule has 0 saturated carbocycles. The van der Waals surface area contributed by atoms with E-state index in [0.717, 1.165) is 16.4 Å². The first-order chi connectivity index (χ1) is 11.7. The second-order valence-electron chi connectivity index (χ2n) is 5.24. The molecule has 5 heteroatoms. The normalized spacial score (nSPS) is 11.7. The molecule has 1 amide bonds. The highest BCUT2D eigenvalue weighted by atomic mass is 32.2. The number of hydrogen-bond donors (Lipinski definition) is 1. The van der Waals surface area contributed by atoms with E-state index in [2.05, 4.69) is 22.2 Å². The third-order valence-electron chi connectivity index (χ3n) is 3.47. The summed E-state index contributed by atoms with van der Waals surface area (Å²) in [5.74, 6) is -0.112. The van der Waals surface area contributed by atoms with Crippen LogP contribution in [-0.4, -0.2) is 15.9 Å². The van der Waals surface area contributed by atoms with Gasteiger partial charge in [-0.05, 0) is 42.8 Å². The number of hydrogen-bond acceptors (Lipinski definition) is 4. The molecule has 24 heavy (non-hydrogen) atoms. The first-order valence-corrected chi connectivity index (χ1v) is 8.50. The lowest BCUT2D eigenvalue weighted by atomic mass is 10.1. The first kappa shape index (κ1) is 16.2. The van der Waals surface area contributed by atoms with Gasteiger partial charge in [0, 0.05) is 28.9 Å². The number of amides is 1. The Morgan fingerprint density at radius 2 is 1.75 bits per heavy atom. The number of aromatic nitrogens is 2. The maximum atomic E-state index is 12.2. The summed E-state index contributed by atoms with van der Waals surface area (Å²) in [5, 5.41) is 3.86. The zero-order chi connectivity index (χ0) is 16.8. The van der Waals surface area contributed by atoms with Gasteiger partial charge in [0.25, 0.3) is 5.91 Å². The van der Waals surface area contributed by atoms with Gasteiger partial charge < -0.3 is 5.32 Å². The van der Waals surface area contributed by atoms with Gasteiger partial charge in [-0.1, -0.05) is 42.1 Å². The molecule has 0 bridgehead atoms. The van der Waals surface area contributed by atoms with Crippen LogP contribution in [0.4, 0.5) is 5.69 Å². The van der Waals surface area contributed by atoms with Crippen LogP contribution in [0.5, 0.6) is 0 Å². The van der Waals surface area contributed by atoms with E-state index < -0.39 is 0 Å². The monoisotopic (exact) mass is 335 g/mol. The van der Waals surface area contributed by atoms with Crippen LogP contribution in [0, 0.1) is 0 Å². The van der Waals surface area contributed by atoms with Crippen molar-refractivity contribution >= 4 is 23.4 Å². The Labute approximate surface area is 145 Å². The molecule has 1 N–H and O–H groups in total. The second-order valence-corrected chi connectivity index (χ2v) is 6.55. The Kier molecular flexibility index (Phi) is 5.23. The van der Waals surface area contributed by atoms with E-state index in [1.54, 1.807) is 42.4 Å². The molecule has 0 aliphatic rings. The van der Waals surface area contributed by atoms with Crippen molar-refractivity contribution in [3.05, 3.63) is 84.2 Å². The SMILES string of the molecule is C[C@@H](Sc1ncccn1)c1cccc(NC(=O)c2ccccc2)c1. The van der Waals surface area contributed by atoms with Gasteiger partial charge in [-0.3, -0.25) is 4.79 Å². The number of benzene rings is 2. The summed E-state index contributed by atoms with van der Waals surface area (Å²) >= 11 is 1.59. The molecule has 1 aromatic heterocycles. The van der Waals surface area contributed by atoms with Crippen LogP contribution in [0.3, 0.4) is 0 Å². The van der Waals surface area contributed by atoms with Crippen molar-refractivity contribution in [3.8, 4) is 0 Å². The van der Waals surface area contributed by atoms with E-state index in [0.29, 0.717) is 5.56 Å². The van der Waals surface area contributed by atoms with E-state index in [1.165, 1.54) is 0 Å². The predicted octanol–water partition coefficient (Wildman–Crippen LogP) is 4.58. The van der Waals surface area contributed by atoms with Crippen molar-refractivity contribution in [1.29, 1.82) is 0 Å². The van der Waals surface area contributed by atoms with Crippen LogP contribution in [0.1, 0.15) is 28.1 Å². The minimum atomic E-state index is -0.112. The summed E-state index contributed by atoms with van der Waals surface area (Å²) in [4.78, 5) is 20.7. The third kappa shape index (κ3) is 4.20. The molecule has 3 aromatic rings. The Balaban J connectivity index is 1.71. The zero-order valence-electron chi connectivity index (χ0n) is 13.2. The highest BCUT2D eigenvalue weighted by Crippen LogP contribution is 2.33. The van der Waals surface area contributed by atoms with Gasteiger partial charge in [0.15, 0.2) is 5.16 Å². The van der Waals surface area contributed by atoms with Crippen LogP contribution < -0.4 is 5.32 Å². The number of anilines is 1. The van der Waals surface area contributed by atoms with Gasteiger partial charge in [0.1, 0.15) is 0 Å². The van der Waals surface area contributed by atoms with Crippen molar-refractivity contribution in [1.82, 2.24) is 9.97 Å². The third-order valence-corrected chi connectivity index (χ3v) is 4.52. The largest absolute Gasteiger partial charge is 0.322 e. The van der Waals surface area contributed by atoms with Crippen molar-refractivity contribution < 1.29 is 4.79 Å². The van der Waals surface area contributed by atoms with Crippen molar-refractivity contribution in [2.45, 2.75) is 17.3 Å². The van der Waals surface area contributed by atoms with E-state index in [9.17, 15) is 4.79 Å². The van der Waals surface area contributed by atoms with Crippen molar-refractivity contribution in [2.24, 2.45) is 0 Å². The molecule has 3 rings (SSSR count). The summed E-state index contributed by atoms with van der Waals surface area (Å²) in [6, 6.07) is 18.8. The summed E-state index contributed by atoms with van der Waals surface area (Å²) in [7, 11) is 0. The van der Waals surface area contributed by atoms with Crippen LogP contribution >= 0.6 is 11.8 Å². The van der Waals surface area contributed by atoms with Gasteiger partial charge in [-0.15, -0.1) is 0 Å². The molecule has 1 heterocycles. The fraction of sp³-hybridized carbons (Fsp3) is 0.105. The molecule has 0 spiro atoms. The molecule has 2 aromatic carbocycles. The Hall–Kier alpha value is -2.66. The molecule has 4 nitrogen and oxygen atoms in total. The predicted molar refractivity (Wildman–Crippen MR) is 97.1 cm³/mol. The highest BCUT2D eigenvalue weighted by molar-refractivity contribution is 7.99. The topological polar surface area (TPSA) is 54.9 Å². The lowest BCUT2D eigenvalue weighted by Gasteiger charge is -2.12. The van der Waals surface area contributed by atoms with Crippen LogP contribution in [0.15, 0.2) is 78.2 Å². The number of thioether (sulfide) groups is 1. The molecule has 0 unspecified atom stereocenters. The molecular weight excluding hydrogens is 318 g/mol. The average molecular weight is 335 g/mol. The maximum Gasteiger partial charge on any atom is 0.255 e. The molecule has 0 saturated heterocycles. The van der Waals surface area contributed by atoms with E-state index in [-0.39, 0.29) is 11.2 Å². The highest BCUT2D eigenvalue weighted by Gasteiger charge is 2.11. The lowest BCUT2D eigenvalue weighted by Crippen LogP contribution is -2.11. The Morgan fingerprint density at radius 3 is 2.50 bits per heavy atom. The van der Waals surface area contributed by atoms with E-state index in [1.807, 2.05) is 42.5 Å². The minimum absolute atomic E-state index is 0.112. The average Bonchev–Trinajstić information content (AvgIpc) is 2.63. The summed E-state index contributed by atoms with van der Waals surface area (Å²) in [6.45, 7) is 2.10. The maximum absolute atomic E-state index is 12.2. The molecule has 1 atom stereocenters. The molecule has 0 fully saturated rings. The summed E-state index contributed by atoms with van der Waals surface area (Å²) < 4.78 is 0. The van der Waals surface area contributed by atoms with Crippen LogP contribution in [0.2, 0.25) is 0 Å². The number of nitrogens with zero attached hydrogens (tertiary/aromatic N) is 2. The molecule has 0 aliphatic heterocycles. The summed E-state index contributed by atoms with van der Waals surface area (Å²) in [6.07, 6.45) is 3.47. The minimum Gasteiger partial charge on any atom is -0.322 e.